The molecule has 176 valence electrons. The molecule has 31 heavy (non-hydrogen) atoms. The molecule has 2 rings (SSSR count). The Balaban J connectivity index is 0.00000480. The van der Waals surface area contributed by atoms with Crippen LogP contribution in [-0.4, -0.2) is 44.7 Å². The van der Waals surface area contributed by atoms with Crippen molar-refractivity contribution in [2.45, 2.75) is 65.8 Å². The van der Waals surface area contributed by atoms with Crippen LogP contribution in [0.4, 0.5) is 0 Å². The minimum atomic E-state index is -0.0230. The van der Waals surface area contributed by atoms with Gasteiger partial charge in [0.05, 0.1) is 6.54 Å². The summed E-state index contributed by atoms with van der Waals surface area (Å²) in [5.74, 6) is 0.811. The Labute approximate surface area is 205 Å². The fraction of sp³-hybridized carbons (Fsp3) is 0.667. The summed E-state index contributed by atoms with van der Waals surface area (Å²) in [5, 5.41) is 9.85. The van der Waals surface area contributed by atoms with E-state index >= 15 is 0 Å². The normalized spacial score (nSPS) is 15.3. The van der Waals surface area contributed by atoms with Crippen molar-refractivity contribution in [3.8, 4) is 0 Å². The maximum Gasteiger partial charge on any atom is 0.251 e. The number of carbonyl (C=O) groups is 1. The number of benzene rings is 1. The summed E-state index contributed by atoms with van der Waals surface area (Å²) < 4.78 is 5.63. The van der Waals surface area contributed by atoms with Crippen LogP contribution in [0.2, 0.25) is 0 Å². The summed E-state index contributed by atoms with van der Waals surface area (Å²) in [6.45, 7) is 10.8. The summed E-state index contributed by atoms with van der Waals surface area (Å²) in [6, 6.07) is 7.72. The van der Waals surface area contributed by atoms with Gasteiger partial charge in [-0.2, -0.15) is 0 Å². The van der Waals surface area contributed by atoms with Crippen molar-refractivity contribution in [1.82, 2.24) is 16.0 Å². The van der Waals surface area contributed by atoms with Crippen LogP contribution in [0.25, 0.3) is 0 Å². The highest BCUT2D eigenvalue weighted by molar-refractivity contribution is 14.0. The van der Waals surface area contributed by atoms with Crippen molar-refractivity contribution in [2.24, 2.45) is 10.4 Å². The number of hydrogen-bond donors (Lipinski definition) is 3. The van der Waals surface area contributed by atoms with E-state index in [1.165, 1.54) is 25.7 Å². The van der Waals surface area contributed by atoms with E-state index in [9.17, 15) is 4.79 Å². The zero-order valence-electron chi connectivity index (χ0n) is 19.5. The van der Waals surface area contributed by atoms with E-state index in [-0.39, 0.29) is 29.9 Å². The van der Waals surface area contributed by atoms with Crippen LogP contribution in [0.15, 0.2) is 29.3 Å². The number of guanidine groups is 1. The Morgan fingerprint density at radius 3 is 2.58 bits per heavy atom. The third kappa shape index (κ3) is 9.76. The molecule has 1 aliphatic carbocycles. The highest BCUT2D eigenvalue weighted by Crippen LogP contribution is 2.40. The van der Waals surface area contributed by atoms with Gasteiger partial charge in [-0.25, -0.2) is 4.99 Å². The van der Waals surface area contributed by atoms with Crippen LogP contribution in [0.3, 0.4) is 0 Å². The van der Waals surface area contributed by atoms with Crippen molar-refractivity contribution < 1.29 is 9.53 Å². The van der Waals surface area contributed by atoms with Gasteiger partial charge in [0.25, 0.3) is 5.91 Å². The van der Waals surface area contributed by atoms with Crippen LogP contribution in [0.5, 0.6) is 0 Å². The van der Waals surface area contributed by atoms with Crippen LogP contribution < -0.4 is 16.0 Å². The standard InChI is InChI=1S/C24H40N4O2.HI/c1-4-15-26-22(29)21-11-9-10-20(17-21)18-27-23(25-5-2)28-19-24(12-7-8-13-24)14-16-30-6-3;/h9-11,17H,4-8,12-16,18-19H2,1-3H3,(H,26,29)(H2,25,27,28);1H. The topological polar surface area (TPSA) is 74.8 Å². The lowest BCUT2D eigenvalue weighted by Gasteiger charge is -2.30. The van der Waals surface area contributed by atoms with Crippen molar-refractivity contribution in [3.05, 3.63) is 35.4 Å². The number of rotatable bonds is 12. The van der Waals surface area contributed by atoms with Gasteiger partial charge in [-0.1, -0.05) is 31.9 Å². The Morgan fingerprint density at radius 1 is 1.13 bits per heavy atom. The fourth-order valence-electron chi connectivity index (χ4n) is 4.01. The second kappa shape index (κ2) is 15.5. The average molecular weight is 545 g/mol. The van der Waals surface area contributed by atoms with Gasteiger partial charge in [0, 0.05) is 38.4 Å². The minimum absolute atomic E-state index is 0. The first-order chi connectivity index (χ1) is 14.6. The molecule has 0 bridgehead atoms. The van der Waals surface area contributed by atoms with Crippen LogP contribution in [0, 0.1) is 5.41 Å². The SMILES string of the molecule is CCCNC(=O)c1cccc(CN=C(NCC)NCC2(CCOCC)CCCC2)c1.I. The van der Waals surface area contributed by atoms with Gasteiger partial charge >= 0.3 is 0 Å². The van der Waals surface area contributed by atoms with Crippen LogP contribution in [-0.2, 0) is 11.3 Å². The molecule has 0 unspecified atom stereocenters. The van der Waals surface area contributed by atoms with Gasteiger partial charge in [0.15, 0.2) is 5.96 Å². The Bertz CT molecular complexity index is 675. The van der Waals surface area contributed by atoms with Crippen molar-refractivity contribution in [1.29, 1.82) is 0 Å². The zero-order chi connectivity index (χ0) is 21.7. The monoisotopic (exact) mass is 544 g/mol. The molecular formula is C24H41IN4O2. The summed E-state index contributed by atoms with van der Waals surface area (Å²) >= 11 is 0. The molecule has 1 amide bonds. The van der Waals surface area contributed by atoms with Crippen LogP contribution in [0.1, 0.15) is 75.2 Å². The molecule has 0 aliphatic heterocycles. The molecule has 0 radical (unpaired) electrons. The molecule has 0 spiro atoms. The van der Waals surface area contributed by atoms with Crippen molar-refractivity contribution in [2.75, 3.05) is 32.8 Å². The number of aliphatic imine (C=N–C) groups is 1. The van der Waals surface area contributed by atoms with E-state index in [0.29, 0.717) is 24.1 Å². The van der Waals surface area contributed by atoms with Gasteiger partial charge in [0.2, 0.25) is 0 Å². The molecule has 1 aliphatic rings. The second-order valence-corrected chi connectivity index (χ2v) is 8.16. The van der Waals surface area contributed by atoms with Gasteiger partial charge in [-0.15, -0.1) is 24.0 Å². The molecule has 1 fully saturated rings. The maximum absolute atomic E-state index is 12.2. The molecule has 3 N–H and O–H groups in total. The largest absolute Gasteiger partial charge is 0.382 e. The number of nitrogens with zero attached hydrogens (tertiary/aromatic N) is 1. The highest BCUT2D eigenvalue weighted by atomic mass is 127. The van der Waals surface area contributed by atoms with Gasteiger partial charge in [-0.3, -0.25) is 4.79 Å². The minimum Gasteiger partial charge on any atom is -0.382 e. The molecule has 7 heteroatoms. The molecular weight excluding hydrogens is 503 g/mol. The summed E-state index contributed by atoms with van der Waals surface area (Å²) in [4.78, 5) is 17.0. The Hall–Kier alpha value is -1.35. The molecule has 0 saturated heterocycles. The quantitative estimate of drug-likeness (QED) is 0.157. The first-order valence-electron chi connectivity index (χ1n) is 11.6. The maximum atomic E-state index is 12.2. The number of hydrogen-bond acceptors (Lipinski definition) is 3. The molecule has 0 heterocycles. The molecule has 1 aromatic rings. The third-order valence-electron chi connectivity index (χ3n) is 5.76. The van der Waals surface area contributed by atoms with Crippen molar-refractivity contribution in [3.63, 3.8) is 0 Å². The molecule has 1 saturated carbocycles. The number of amides is 1. The lowest BCUT2D eigenvalue weighted by Crippen LogP contribution is -2.43. The van der Waals surface area contributed by atoms with E-state index in [1.54, 1.807) is 0 Å². The van der Waals surface area contributed by atoms with E-state index in [2.05, 4.69) is 29.8 Å². The van der Waals surface area contributed by atoms with Crippen molar-refractivity contribution >= 4 is 35.8 Å². The van der Waals surface area contributed by atoms with E-state index in [4.69, 9.17) is 9.73 Å². The third-order valence-corrected chi connectivity index (χ3v) is 5.76. The number of ether oxygens (including phenoxy) is 1. The van der Waals surface area contributed by atoms with E-state index in [1.807, 2.05) is 31.2 Å². The highest BCUT2D eigenvalue weighted by Gasteiger charge is 2.33. The summed E-state index contributed by atoms with van der Waals surface area (Å²) in [6.07, 6.45) is 7.13. The molecule has 0 atom stereocenters. The zero-order valence-corrected chi connectivity index (χ0v) is 21.8. The first kappa shape index (κ1) is 27.7. The Morgan fingerprint density at radius 2 is 1.90 bits per heavy atom. The number of halogens is 1. The lowest BCUT2D eigenvalue weighted by atomic mass is 9.83. The summed E-state index contributed by atoms with van der Waals surface area (Å²) in [5.41, 5.74) is 2.03. The first-order valence-corrected chi connectivity index (χ1v) is 11.6. The molecule has 1 aromatic carbocycles. The fourth-order valence-corrected chi connectivity index (χ4v) is 4.01. The second-order valence-electron chi connectivity index (χ2n) is 8.16. The van der Waals surface area contributed by atoms with E-state index in [0.717, 1.165) is 50.7 Å². The van der Waals surface area contributed by atoms with Crippen LogP contribution >= 0.6 is 24.0 Å². The number of carbonyl (C=O) groups excluding carboxylic acids is 1. The van der Waals surface area contributed by atoms with E-state index < -0.39 is 0 Å². The predicted molar refractivity (Wildman–Crippen MR) is 139 cm³/mol. The summed E-state index contributed by atoms with van der Waals surface area (Å²) in [7, 11) is 0. The molecule has 0 aromatic heterocycles. The molecule has 6 nitrogen and oxygen atoms in total. The smallest absolute Gasteiger partial charge is 0.251 e. The lowest BCUT2D eigenvalue weighted by molar-refractivity contribution is 0.0953. The van der Waals surface area contributed by atoms with Gasteiger partial charge in [-0.05, 0) is 62.6 Å². The Kier molecular flexibility index (Phi) is 13.8. The average Bonchev–Trinajstić information content (AvgIpc) is 3.23. The van der Waals surface area contributed by atoms with Gasteiger partial charge in [0.1, 0.15) is 0 Å². The number of nitrogens with one attached hydrogen (secondary N) is 3. The van der Waals surface area contributed by atoms with Gasteiger partial charge < -0.3 is 20.7 Å². The predicted octanol–water partition coefficient (Wildman–Crippen LogP) is 4.49.